The van der Waals surface area contributed by atoms with Crippen LogP contribution < -0.4 is 26.1 Å². The number of pyridine rings is 2. The number of aldehydes is 1. The summed E-state index contributed by atoms with van der Waals surface area (Å²) in [5.41, 5.74) is 5.78. The third-order valence-electron chi connectivity index (χ3n) is 9.71. The number of rotatable bonds is 14. The molecular weight excluding hydrogens is 1220 g/mol. The van der Waals surface area contributed by atoms with E-state index >= 15 is 0 Å². The van der Waals surface area contributed by atoms with Crippen molar-refractivity contribution in [1.29, 1.82) is 0 Å². The molecule has 6 rings (SSSR count). The maximum atomic E-state index is 12.2. The van der Waals surface area contributed by atoms with Gasteiger partial charge in [0.15, 0.2) is 18.9 Å². The van der Waals surface area contributed by atoms with Crippen molar-refractivity contribution >= 4 is 97.4 Å². The Balaban J connectivity index is 0.000000345. The van der Waals surface area contributed by atoms with Crippen LogP contribution in [-0.4, -0.2) is 183 Å². The molecule has 4 aliphatic rings. The number of aliphatic hydroxyl groups is 4. The zero-order valence-electron chi connectivity index (χ0n) is 36.1. The molecule has 0 saturated carbocycles. The fourth-order valence-electron chi connectivity index (χ4n) is 6.07. The minimum atomic E-state index is -1.19. The Labute approximate surface area is 413 Å². The summed E-state index contributed by atoms with van der Waals surface area (Å²) in [7, 11) is 2.00. The van der Waals surface area contributed by atoms with Gasteiger partial charge in [0.25, 0.3) is 11.8 Å². The molecule has 1 radical (unpaired) electrons. The van der Waals surface area contributed by atoms with Crippen LogP contribution in [0.15, 0.2) is 36.7 Å². The number of aliphatic hydroxyl groups excluding tert-OH is 4. The van der Waals surface area contributed by atoms with Crippen molar-refractivity contribution in [3.63, 3.8) is 0 Å². The first-order chi connectivity index (χ1) is 30.9. The predicted molar refractivity (Wildman–Crippen MR) is 260 cm³/mol. The van der Waals surface area contributed by atoms with E-state index in [-0.39, 0.29) is 48.2 Å². The Morgan fingerprint density at radius 3 is 1.62 bits per heavy atom. The molecule has 64 heavy (non-hydrogen) atoms. The van der Waals surface area contributed by atoms with Crippen molar-refractivity contribution in [3.05, 3.63) is 47.8 Å². The Hall–Kier alpha value is -1.13. The van der Waals surface area contributed by atoms with Crippen molar-refractivity contribution in [2.75, 3.05) is 95.7 Å². The number of carbonyl (C=O) groups is 3. The Bertz CT molecular complexity index is 1530. The molecule has 21 nitrogen and oxygen atoms in total. The van der Waals surface area contributed by atoms with Gasteiger partial charge in [0.2, 0.25) is 0 Å². The molecule has 26 heteroatoms. The summed E-state index contributed by atoms with van der Waals surface area (Å²) in [6.07, 6.45) is 6.49. The van der Waals surface area contributed by atoms with E-state index in [9.17, 15) is 19.5 Å². The monoisotopic (exact) mass is 1280 g/mol. The molecule has 0 spiro atoms. The van der Waals surface area contributed by atoms with Gasteiger partial charge in [-0.1, -0.05) is 0 Å². The van der Waals surface area contributed by atoms with Gasteiger partial charge in [-0.3, -0.25) is 14.5 Å². The zero-order chi connectivity index (χ0) is 47.1. The molecule has 0 aromatic carbocycles. The maximum absolute atomic E-state index is 12.2. The summed E-state index contributed by atoms with van der Waals surface area (Å²) in [4.78, 5) is 59.1. The van der Waals surface area contributed by atoms with E-state index in [0.29, 0.717) is 32.0 Å². The SMILES string of the molecule is CC(C(O)CO)N1CCN(c2ccc(C(=O)NOC3CCCCO3)cn2)CC1.CO[B]O.O=C(NOC1CCCCO1)c1ccc(N2CCNCC2)nc1.O=CC(O)CO.[I][V]([I])[I]. The number of hydrogen-bond acceptors (Lipinski definition) is 19. The molecular formula is C38H62BI3N8O13V. The third kappa shape index (κ3) is 24.8. The number of ether oxygens (including phenoxy) is 2. The molecule has 2 amide bonds. The molecule has 4 saturated heterocycles. The summed E-state index contributed by atoms with van der Waals surface area (Å²) >= 11 is 7.39. The van der Waals surface area contributed by atoms with Crippen LogP contribution in [0.3, 0.4) is 0 Å². The molecule has 4 fully saturated rings. The van der Waals surface area contributed by atoms with Gasteiger partial charge in [-0.15, -0.1) is 0 Å². The number of hydrogen-bond donors (Lipinski definition) is 8. The number of nitrogens with one attached hydrogen (secondary N) is 3. The quantitative estimate of drug-likeness (QED) is 0.0571. The van der Waals surface area contributed by atoms with Gasteiger partial charge in [0, 0.05) is 104 Å². The van der Waals surface area contributed by atoms with Crippen molar-refractivity contribution in [1.82, 2.24) is 31.1 Å². The van der Waals surface area contributed by atoms with Crippen molar-refractivity contribution in [2.45, 2.75) is 76.3 Å². The Morgan fingerprint density at radius 1 is 0.844 bits per heavy atom. The molecule has 6 heterocycles. The topological polar surface area (TPSA) is 270 Å². The van der Waals surface area contributed by atoms with Gasteiger partial charge in [-0.2, -0.15) is 0 Å². The summed E-state index contributed by atoms with van der Waals surface area (Å²) in [5, 5.41) is 45.6. The summed E-state index contributed by atoms with van der Waals surface area (Å²) < 4.78 is 14.8. The summed E-state index contributed by atoms with van der Waals surface area (Å²) in [6.45, 7) is 9.40. The van der Waals surface area contributed by atoms with Crippen LogP contribution in [0.25, 0.3) is 0 Å². The number of piperazine rings is 2. The van der Waals surface area contributed by atoms with E-state index in [1.165, 1.54) is 7.11 Å². The van der Waals surface area contributed by atoms with Crippen LogP contribution >= 0.6 is 59.9 Å². The van der Waals surface area contributed by atoms with Crippen LogP contribution in [0, 0.1) is 0 Å². The van der Waals surface area contributed by atoms with E-state index in [0.717, 1.165) is 103 Å². The van der Waals surface area contributed by atoms with Gasteiger partial charge >= 0.3 is 72.5 Å². The first-order valence-electron chi connectivity index (χ1n) is 20.7. The second-order valence-corrected chi connectivity index (χ2v) is 49.5. The van der Waals surface area contributed by atoms with E-state index < -0.39 is 18.8 Å². The first-order valence-corrected chi connectivity index (χ1v) is 34.2. The van der Waals surface area contributed by atoms with E-state index in [4.69, 9.17) is 39.5 Å². The molecule has 361 valence electrons. The van der Waals surface area contributed by atoms with Crippen molar-refractivity contribution in [3.8, 4) is 0 Å². The first kappa shape index (κ1) is 59.0. The average Bonchev–Trinajstić information content (AvgIpc) is 3.35. The molecule has 2 aromatic rings. The standard InChI is InChI=1S/C19H30N4O5.C15H22N4O3.C3H6O3.CH4BO2.3HI.V/c1-14(16(25)13-24)22-7-9-23(10-8-22)17-6-5-15(12-20-17)19(26)21-28-18-4-2-3-11-27-18;20-15(18-22-14-3-1-2-10-21-14)12-4-5-13(17-11-12)19-8-6-16-7-9-19;4-1-3(6)2-5;1-4-2-3;;;;/h5-6,12,14,16,18,24-25H,2-4,7-11,13H2,1H3,(H,21,26);4-5,11,14,16H,1-3,6-10H2,(H,18,20);1,3,5-6H,2H2;3H,1H3;3*1H;/q;;;;;;;+3/p-3. The van der Waals surface area contributed by atoms with Gasteiger partial charge in [0.05, 0.1) is 30.4 Å². The number of carbonyl (C=O) groups excluding carboxylic acids is 3. The van der Waals surface area contributed by atoms with Gasteiger partial charge in [0.1, 0.15) is 17.7 Å². The number of nitrogens with zero attached hydrogens (tertiary/aromatic N) is 5. The molecule has 5 atom stereocenters. The van der Waals surface area contributed by atoms with Crippen LogP contribution in [0.1, 0.15) is 66.2 Å². The van der Waals surface area contributed by atoms with Crippen molar-refractivity contribution in [2.24, 2.45) is 0 Å². The van der Waals surface area contributed by atoms with Gasteiger partial charge in [-0.05, 0) is 56.9 Å². The number of amides is 2. The fourth-order valence-corrected chi connectivity index (χ4v) is 6.07. The average molecular weight is 1280 g/mol. The fraction of sp³-hybridized carbons (Fsp3) is 0.658. The number of anilines is 2. The zero-order valence-corrected chi connectivity index (χ0v) is 43.9. The molecule has 4 aliphatic heterocycles. The third-order valence-corrected chi connectivity index (χ3v) is 9.71. The van der Waals surface area contributed by atoms with Crippen molar-refractivity contribution < 1.29 is 68.6 Å². The number of aromatic nitrogens is 2. The molecule has 0 bridgehead atoms. The Morgan fingerprint density at radius 2 is 1.30 bits per heavy atom. The second-order valence-electron chi connectivity index (χ2n) is 14.2. The van der Waals surface area contributed by atoms with E-state index in [2.05, 4.69) is 106 Å². The van der Waals surface area contributed by atoms with Crippen LogP contribution in [0.4, 0.5) is 11.6 Å². The molecule has 8 N–H and O–H groups in total. The summed E-state index contributed by atoms with van der Waals surface area (Å²) in [5.74, 6) is 1.07. The normalized spacial score (nSPS) is 20.1. The Kier molecular flexibility index (Phi) is 33.1. The van der Waals surface area contributed by atoms with E-state index in [1.54, 1.807) is 24.5 Å². The minimum absolute atomic E-state index is 0.0840. The number of hydroxylamine groups is 2. The number of halogens is 3. The molecule has 5 unspecified atom stereocenters. The second kappa shape index (κ2) is 35.9. The van der Waals surface area contributed by atoms with Gasteiger partial charge < -0.3 is 59.5 Å². The summed E-state index contributed by atoms with van der Waals surface area (Å²) in [6, 6.07) is 7.11. The van der Waals surface area contributed by atoms with Crippen LogP contribution in [0.2, 0.25) is 0 Å². The molecule has 0 aliphatic carbocycles. The van der Waals surface area contributed by atoms with Gasteiger partial charge in [-0.25, -0.2) is 30.6 Å². The van der Waals surface area contributed by atoms with Crippen LogP contribution in [-0.2, 0) is 33.5 Å². The van der Waals surface area contributed by atoms with E-state index in [1.807, 2.05) is 19.1 Å². The molecule has 2 aromatic heterocycles. The predicted octanol–water partition coefficient (Wildman–Crippen LogP) is 1.16. The van der Waals surface area contributed by atoms with Crippen LogP contribution in [0.5, 0.6) is 0 Å².